The van der Waals surface area contributed by atoms with E-state index in [4.69, 9.17) is 0 Å². The van der Waals surface area contributed by atoms with E-state index in [0.29, 0.717) is 0 Å². The van der Waals surface area contributed by atoms with Crippen molar-refractivity contribution in [1.82, 2.24) is 0 Å². The average Bonchev–Trinajstić information content (AvgIpc) is 3.56. The van der Waals surface area contributed by atoms with Gasteiger partial charge in [-0.15, -0.1) is 11.3 Å². The van der Waals surface area contributed by atoms with Crippen LogP contribution < -0.4 is 0 Å². The van der Waals surface area contributed by atoms with Crippen LogP contribution in [0.2, 0.25) is 0 Å². The lowest BCUT2D eigenvalue weighted by Gasteiger charge is -2.18. The van der Waals surface area contributed by atoms with Crippen molar-refractivity contribution >= 4 is 85.4 Å². The molecule has 0 aliphatic rings. The zero-order valence-electron chi connectivity index (χ0n) is 27.7. The summed E-state index contributed by atoms with van der Waals surface area (Å²) in [4.78, 5) is 0. The highest BCUT2D eigenvalue weighted by Gasteiger charge is 2.17. The Kier molecular flexibility index (Phi) is 6.22. The van der Waals surface area contributed by atoms with Crippen molar-refractivity contribution in [2.75, 3.05) is 0 Å². The van der Waals surface area contributed by atoms with Crippen molar-refractivity contribution in [1.29, 1.82) is 0 Å². The molecule has 0 aliphatic heterocycles. The van der Waals surface area contributed by atoms with Crippen LogP contribution in [0.5, 0.6) is 0 Å². The molecule has 0 saturated heterocycles. The Morgan fingerprint density at radius 1 is 0.255 bits per heavy atom. The van der Waals surface area contributed by atoms with Gasteiger partial charge in [0.05, 0.1) is 0 Å². The highest BCUT2D eigenvalue weighted by molar-refractivity contribution is 7.26. The predicted octanol–water partition coefficient (Wildman–Crippen LogP) is 14.8. The van der Waals surface area contributed by atoms with Crippen LogP contribution >= 0.6 is 11.3 Å². The molecule has 0 saturated carbocycles. The lowest BCUT2D eigenvalue weighted by atomic mass is 9.85. The summed E-state index contributed by atoms with van der Waals surface area (Å²) in [6.07, 6.45) is 0. The first-order valence-electron chi connectivity index (χ1n) is 17.6. The van der Waals surface area contributed by atoms with E-state index in [2.05, 4.69) is 182 Å². The fourth-order valence-corrected chi connectivity index (χ4v) is 9.55. The van der Waals surface area contributed by atoms with Gasteiger partial charge in [0.25, 0.3) is 0 Å². The molecule has 0 unspecified atom stereocenters. The SMILES string of the molecule is c1ccc2cc(-c3c4ccccc4c(-c4ccc(-c5ccc6cc7c(cc6c5)sc5ccc6ccccc6c57)cc4)c4ccccc34)ccc2c1. The standard InChI is InChI=1S/C50H30S/c1-2-11-35-27-38(24-19-31(35)9-1)49-43-15-7-5-13-41(43)48(42-14-6-8-16-44(42)49)34-20-17-32(18-21-34)36-22-23-37-29-45-47(30-39(37)28-36)51-46-26-25-33-10-3-4-12-40(33)50(45)46/h1-30H. The second-order valence-electron chi connectivity index (χ2n) is 13.7. The Morgan fingerprint density at radius 2 is 0.745 bits per heavy atom. The number of rotatable bonds is 3. The molecule has 1 heterocycles. The fourth-order valence-electron chi connectivity index (χ4n) is 8.39. The Labute approximate surface area is 299 Å². The van der Waals surface area contributed by atoms with Gasteiger partial charge in [0.2, 0.25) is 0 Å². The van der Waals surface area contributed by atoms with Gasteiger partial charge in [-0.2, -0.15) is 0 Å². The number of fused-ring (bicyclic) bond motifs is 9. The number of thiophene rings is 1. The van der Waals surface area contributed by atoms with E-state index in [-0.39, 0.29) is 0 Å². The molecule has 0 nitrogen and oxygen atoms in total. The molecule has 0 aliphatic carbocycles. The Bertz CT molecular complexity index is 3120. The second-order valence-corrected chi connectivity index (χ2v) is 14.7. The topological polar surface area (TPSA) is 0 Å². The largest absolute Gasteiger partial charge is 0.135 e. The quantitative estimate of drug-likeness (QED) is 0.165. The van der Waals surface area contributed by atoms with Gasteiger partial charge in [0.15, 0.2) is 0 Å². The van der Waals surface area contributed by atoms with Gasteiger partial charge in [-0.1, -0.05) is 152 Å². The zero-order chi connectivity index (χ0) is 33.5. The van der Waals surface area contributed by atoms with E-state index in [9.17, 15) is 0 Å². The Hall–Kier alpha value is -6.28. The summed E-state index contributed by atoms with van der Waals surface area (Å²) in [6, 6.07) is 67.5. The van der Waals surface area contributed by atoms with E-state index in [1.165, 1.54) is 107 Å². The summed E-state index contributed by atoms with van der Waals surface area (Å²) >= 11 is 1.89. The van der Waals surface area contributed by atoms with Gasteiger partial charge in [-0.25, -0.2) is 0 Å². The molecule has 1 aromatic heterocycles. The van der Waals surface area contributed by atoms with Gasteiger partial charge in [0.1, 0.15) is 0 Å². The van der Waals surface area contributed by atoms with Gasteiger partial charge >= 0.3 is 0 Å². The third kappa shape index (κ3) is 4.45. The molecule has 236 valence electrons. The lowest BCUT2D eigenvalue weighted by Crippen LogP contribution is -1.91. The van der Waals surface area contributed by atoms with E-state index in [0.717, 1.165) is 0 Å². The molecule has 0 N–H and O–H groups in total. The van der Waals surface area contributed by atoms with Gasteiger partial charge < -0.3 is 0 Å². The maximum Gasteiger partial charge on any atom is 0.0362 e. The van der Waals surface area contributed by atoms with Crippen LogP contribution in [0.25, 0.3) is 107 Å². The molecule has 10 aromatic carbocycles. The van der Waals surface area contributed by atoms with E-state index >= 15 is 0 Å². The van der Waals surface area contributed by atoms with Crippen molar-refractivity contribution < 1.29 is 0 Å². The maximum absolute atomic E-state index is 2.39. The van der Waals surface area contributed by atoms with Crippen LogP contribution in [0, 0.1) is 0 Å². The molecule has 1 heteroatoms. The Balaban J connectivity index is 1.03. The Morgan fingerprint density at radius 3 is 1.47 bits per heavy atom. The first-order valence-corrected chi connectivity index (χ1v) is 18.4. The van der Waals surface area contributed by atoms with Gasteiger partial charge in [-0.05, 0) is 118 Å². The normalized spacial score (nSPS) is 11.9. The highest BCUT2D eigenvalue weighted by atomic mass is 32.1. The summed E-state index contributed by atoms with van der Waals surface area (Å²) in [6.45, 7) is 0. The molecule has 0 bridgehead atoms. The minimum Gasteiger partial charge on any atom is -0.135 e. The third-order valence-corrected chi connectivity index (χ3v) is 11.9. The molecule has 0 radical (unpaired) electrons. The smallest absolute Gasteiger partial charge is 0.0362 e. The van der Waals surface area contributed by atoms with Crippen molar-refractivity contribution in [3.05, 3.63) is 182 Å². The average molecular weight is 663 g/mol. The fraction of sp³-hybridized carbons (Fsp3) is 0. The lowest BCUT2D eigenvalue weighted by molar-refractivity contribution is 1.63. The molecule has 11 rings (SSSR count). The number of benzene rings is 10. The minimum atomic E-state index is 1.23. The second kappa shape index (κ2) is 11.1. The van der Waals surface area contributed by atoms with Crippen LogP contribution in [-0.4, -0.2) is 0 Å². The maximum atomic E-state index is 2.39. The minimum absolute atomic E-state index is 1.23. The van der Waals surface area contributed by atoms with E-state index < -0.39 is 0 Å². The molecule has 0 amide bonds. The molecular weight excluding hydrogens is 633 g/mol. The summed E-state index contributed by atoms with van der Waals surface area (Å²) in [7, 11) is 0. The molecular formula is C50H30S. The summed E-state index contributed by atoms with van der Waals surface area (Å²) < 4.78 is 2.69. The summed E-state index contributed by atoms with van der Waals surface area (Å²) in [5.41, 5.74) is 7.53. The van der Waals surface area contributed by atoms with Crippen LogP contribution in [0.4, 0.5) is 0 Å². The first-order chi connectivity index (χ1) is 25.3. The van der Waals surface area contributed by atoms with Crippen molar-refractivity contribution in [2.24, 2.45) is 0 Å². The van der Waals surface area contributed by atoms with E-state index in [1.54, 1.807) is 0 Å². The number of hydrogen-bond acceptors (Lipinski definition) is 1. The van der Waals surface area contributed by atoms with Gasteiger partial charge in [0, 0.05) is 20.2 Å². The zero-order valence-corrected chi connectivity index (χ0v) is 28.5. The first kappa shape index (κ1) is 28.5. The molecule has 11 aromatic rings. The van der Waals surface area contributed by atoms with Crippen molar-refractivity contribution in [3.8, 4) is 33.4 Å². The van der Waals surface area contributed by atoms with Crippen LogP contribution in [0.3, 0.4) is 0 Å². The van der Waals surface area contributed by atoms with Gasteiger partial charge in [-0.3, -0.25) is 0 Å². The molecule has 0 atom stereocenters. The monoisotopic (exact) mass is 662 g/mol. The summed E-state index contributed by atoms with van der Waals surface area (Å²) in [5.74, 6) is 0. The van der Waals surface area contributed by atoms with Crippen LogP contribution in [0.1, 0.15) is 0 Å². The molecule has 51 heavy (non-hydrogen) atoms. The highest BCUT2D eigenvalue weighted by Crippen LogP contribution is 2.45. The van der Waals surface area contributed by atoms with Crippen molar-refractivity contribution in [2.45, 2.75) is 0 Å². The predicted molar refractivity (Wildman–Crippen MR) is 223 cm³/mol. The summed E-state index contributed by atoms with van der Waals surface area (Å²) in [5, 5.41) is 15.5. The molecule has 0 fully saturated rings. The van der Waals surface area contributed by atoms with Crippen LogP contribution in [0.15, 0.2) is 182 Å². The van der Waals surface area contributed by atoms with Crippen molar-refractivity contribution in [3.63, 3.8) is 0 Å². The molecule has 0 spiro atoms. The van der Waals surface area contributed by atoms with E-state index in [1.807, 2.05) is 11.3 Å². The third-order valence-electron chi connectivity index (χ3n) is 10.8. The van der Waals surface area contributed by atoms with Crippen LogP contribution in [-0.2, 0) is 0 Å². The number of hydrogen-bond donors (Lipinski definition) is 0.